The van der Waals surface area contributed by atoms with Crippen LogP contribution in [0.4, 0.5) is 11.4 Å². The highest BCUT2D eigenvalue weighted by atomic mass is 16.1. The maximum atomic E-state index is 11.3. The fourth-order valence-electron chi connectivity index (χ4n) is 1.32. The Hall–Kier alpha value is -1.71. The van der Waals surface area contributed by atoms with Gasteiger partial charge in [-0.3, -0.25) is 4.79 Å². The van der Waals surface area contributed by atoms with Crippen LogP contribution >= 0.6 is 0 Å². The fourth-order valence-corrected chi connectivity index (χ4v) is 1.32. The Morgan fingerprint density at radius 3 is 2.88 bits per heavy atom. The molecule has 4 N–H and O–H groups in total. The summed E-state index contributed by atoms with van der Waals surface area (Å²) < 4.78 is 0. The van der Waals surface area contributed by atoms with E-state index in [4.69, 9.17) is 5.73 Å². The number of carbonyl (C=O) groups is 1. The van der Waals surface area contributed by atoms with Crippen LogP contribution in [-0.2, 0) is 4.79 Å². The van der Waals surface area contributed by atoms with Crippen molar-refractivity contribution in [2.45, 2.75) is 19.8 Å². The van der Waals surface area contributed by atoms with Gasteiger partial charge in [0.05, 0.1) is 0 Å². The lowest BCUT2D eigenvalue weighted by molar-refractivity contribution is -0.120. The van der Waals surface area contributed by atoms with E-state index < -0.39 is 0 Å². The van der Waals surface area contributed by atoms with E-state index >= 15 is 0 Å². The predicted octanol–water partition coefficient (Wildman–Crippen LogP) is 1.60. The van der Waals surface area contributed by atoms with E-state index in [1.54, 1.807) is 0 Å². The lowest BCUT2D eigenvalue weighted by Crippen LogP contribution is -2.25. The predicted molar refractivity (Wildman–Crippen MR) is 67.3 cm³/mol. The van der Waals surface area contributed by atoms with Crippen molar-refractivity contribution in [3.05, 3.63) is 24.3 Å². The SMILES string of the molecule is CCCNC(=O)CCNc1cccc(N)c1. The third-order valence-corrected chi connectivity index (χ3v) is 2.14. The normalized spacial score (nSPS) is 9.81. The van der Waals surface area contributed by atoms with E-state index in [1.807, 2.05) is 31.2 Å². The van der Waals surface area contributed by atoms with Crippen molar-refractivity contribution in [3.63, 3.8) is 0 Å². The van der Waals surface area contributed by atoms with E-state index in [2.05, 4.69) is 10.6 Å². The molecule has 1 aromatic carbocycles. The summed E-state index contributed by atoms with van der Waals surface area (Å²) in [6.07, 6.45) is 1.45. The van der Waals surface area contributed by atoms with Crippen LogP contribution in [0.3, 0.4) is 0 Å². The third kappa shape index (κ3) is 4.68. The second kappa shape index (κ2) is 6.71. The van der Waals surface area contributed by atoms with Crippen molar-refractivity contribution in [2.75, 3.05) is 24.1 Å². The highest BCUT2D eigenvalue weighted by Gasteiger charge is 1.99. The molecular weight excluding hydrogens is 202 g/mol. The molecule has 0 saturated heterocycles. The van der Waals surface area contributed by atoms with E-state index in [1.165, 1.54) is 0 Å². The van der Waals surface area contributed by atoms with Gasteiger partial charge in [0.2, 0.25) is 5.91 Å². The van der Waals surface area contributed by atoms with Gasteiger partial charge in [0.1, 0.15) is 0 Å². The van der Waals surface area contributed by atoms with E-state index in [0.29, 0.717) is 13.0 Å². The van der Waals surface area contributed by atoms with E-state index in [0.717, 1.165) is 24.3 Å². The highest BCUT2D eigenvalue weighted by Crippen LogP contribution is 2.11. The van der Waals surface area contributed by atoms with Crippen LogP contribution in [0.1, 0.15) is 19.8 Å². The Labute approximate surface area is 96.2 Å². The lowest BCUT2D eigenvalue weighted by Gasteiger charge is -2.07. The van der Waals surface area contributed by atoms with Crippen molar-refractivity contribution < 1.29 is 4.79 Å². The molecule has 0 radical (unpaired) electrons. The molecule has 0 aliphatic rings. The zero-order valence-corrected chi connectivity index (χ0v) is 9.62. The van der Waals surface area contributed by atoms with Gasteiger partial charge in [0.15, 0.2) is 0 Å². The molecule has 0 aliphatic carbocycles. The number of rotatable bonds is 6. The van der Waals surface area contributed by atoms with Crippen molar-refractivity contribution >= 4 is 17.3 Å². The number of nitrogen functional groups attached to an aromatic ring is 1. The summed E-state index contributed by atoms with van der Waals surface area (Å²) in [7, 11) is 0. The van der Waals surface area contributed by atoms with Crippen LogP contribution in [0, 0.1) is 0 Å². The summed E-state index contributed by atoms with van der Waals surface area (Å²) in [5, 5.41) is 5.98. The van der Waals surface area contributed by atoms with Gasteiger partial charge in [-0.15, -0.1) is 0 Å². The number of carbonyl (C=O) groups excluding carboxylic acids is 1. The molecule has 0 heterocycles. The maximum Gasteiger partial charge on any atom is 0.221 e. The van der Waals surface area contributed by atoms with Gasteiger partial charge in [-0.1, -0.05) is 13.0 Å². The minimum atomic E-state index is 0.0817. The average molecular weight is 221 g/mol. The molecule has 4 heteroatoms. The topological polar surface area (TPSA) is 67.2 Å². The Morgan fingerprint density at radius 2 is 2.19 bits per heavy atom. The third-order valence-electron chi connectivity index (χ3n) is 2.14. The van der Waals surface area contributed by atoms with Crippen molar-refractivity contribution in [1.82, 2.24) is 5.32 Å². The molecule has 4 nitrogen and oxygen atoms in total. The maximum absolute atomic E-state index is 11.3. The molecule has 16 heavy (non-hydrogen) atoms. The molecule has 0 unspecified atom stereocenters. The quantitative estimate of drug-likeness (QED) is 0.639. The Bertz CT molecular complexity index is 339. The summed E-state index contributed by atoms with van der Waals surface area (Å²) in [6.45, 7) is 3.40. The highest BCUT2D eigenvalue weighted by molar-refractivity contribution is 5.76. The molecule has 88 valence electrons. The summed E-state index contributed by atoms with van der Waals surface area (Å²) in [5.41, 5.74) is 7.31. The molecule has 0 fully saturated rings. The summed E-state index contributed by atoms with van der Waals surface area (Å²) in [4.78, 5) is 11.3. The van der Waals surface area contributed by atoms with E-state index in [-0.39, 0.29) is 5.91 Å². The first-order valence-electron chi connectivity index (χ1n) is 5.58. The monoisotopic (exact) mass is 221 g/mol. The molecule has 0 aliphatic heterocycles. The number of anilines is 2. The van der Waals surface area contributed by atoms with Crippen LogP contribution in [0.25, 0.3) is 0 Å². The van der Waals surface area contributed by atoms with Gasteiger partial charge in [0.25, 0.3) is 0 Å². The Morgan fingerprint density at radius 1 is 1.38 bits per heavy atom. The minimum Gasteiger partial charge on any atom is -0.399 e. The molecule has 1 aromatic rings. The Kier molecular flexibility index (Phi) is 5.19. The van der Waals surface area contributed by atoms with Crippen LogP contribution in [0.2, 0.25) is 0 Å². The fraction of sp³-hybridized carbons (Fsp3) is 0.417. The lowest BCUT2D eigenvalue weighted by atomic mass is 10.2. The number of nitrogens with one attached hydrogen (secondary N) is 2. The largest absolute Gasteiger partial charge is 0.399 e. The van der Waals surface area contributed by atoms with Gasteiger partial charge in [0, 0.05) is 30.9 Å². The van der Waals surface area contributed by atoms with Crippen LogP contribution in [0.15, 0.2) is 24.3 Å². The summed E-state index contributed by atoms with van der Waals surface area (Å²) in [6, 6.07) is 7.50. The summed E-state index contributed by atoms with van der Waals surface area (Å²) in [5.74, 6) is 0.0817. The smallest absolute Gasteiger partial charge is 0.221 e. The molecule has 0 aromatic heterocycles. The van der Waals surface area contributed by atoms with Gasteiger partial charge in [-0.05, 0) is 24.6 Å². The first-order chi connectivity index (χ1) is 7.72. The average Bonchev–Trinajstić information content (AvgIpc) is 2.26. The standard InChI is InChI=1S/C12H19N3O/c1-2-7-15-12(16)6-8-14-11-5-3-4-10(13)9-11/h3-5,9,14H,2,6-8,13H2,1H3,(H,15,16). The molecule has 1 rings (SSSR count). The first kappa shape index (κ1) is 12.4. The molecule has 0 saturated carbocycles. The number of hydrogen-bond acceptors (Lipinski definition) is 3. The molecule has 1 amide bonds. The number of nitrogens with two attached hydrogens (primary N) is 1. The number of hydrogen-bond donors (Lipinski definition) is 3. The van der Waals surface area contributed by atoms with E-state index in [9.17, 15) is 4.79 Å². The number of amides is 1. The van der Waals surface area contributed by atoms with Gasteiger partial charge in [-0.25, -0.2) is 0 Å². The van der Waals surface area contributed by atoms with Crippen molar-refractivity contribution in [2.24, 2.45) is 0 Å². The summed E-state index contributed by atoms with van der Waals surface area (Å²) >= 11 is 0. The molecular formula is C12H19N3O. The van der Waals surface area contributed by atoms with Crippen LogP contribution < -0.4 is 16.4 Å². The molecule has 0 atom stereocenters. The van der Waals surface area contributed by atoms with Gasteiger partial charge >= 0.3 is 0 Å². The molecule has 0 bridgehead atoms. The van der Waals surface area contributed by atoms with Crippen molar-refractivity contribution in [1.29, 1.82) is 0 Å². The van der Waals surface area contributed by atoms with Gasteiger partial charge in [-0.2, -0.15) is 0 Å². The second-order valence-corrected chi connectivity index (χ2v) is 3.65. The first-order valence-corrected chi connectivity index (χ1v) is 5.58. The minimum absolute atomic E-state index is 0.0817. The van der Waals surface area contributed by atoms with Crippen LogP contribution in [-0.4, -0.2) is 19.0 Å². The number of benzene rings is 1. The van der Waals surface area contributed by atoms with Crippen LogP contribution in [0.5, 0.6) is 0 Å². The zero-order chi connectivity index (χ0) is 11.8. The zero-order valence-electron chi connectivity index (χ0n) is 9.62. The second-order valence-electron chi connectivity index (χ2n) is 3.65. The van der Waals surface area contributed by atoms with Gasteiger partial charge < -0.3 is 16.4 Å². The Balaban J connectivity index is 2.22. The van der Waals surface area contributed by atoms with Crippen molar-refractivity contribution in [3.8, 4) is 0 Å². The molecule has 0 spiro atoms.